The molecular weight excluding hydrogens is 378 g/mol. The number of halogens is 1. The Morgan fingerprint density at radius 2 is 2.25 bits per heavy atom. The average Bonchev–Trinajstić information content (AvgIpc) is 2.84. The van der Waals surface area contributed by atoms with E-state index in [1.807, 2.05) is 26.8 Å². The van der Waals surface area contributed by atoms with Gasteiger partial charge in [-0.25, -0.2) is 14.3 Å². The Bertz CT molecular complexity index is 770. The number of fused-ring (bicyclic) bond motifs is 1. The normalized spacial score (nSPS) is 18.8. The number of nitrogen functional groups attached to an aromatic ring is 1. The van der Waals surface area contributed by atoms with E-state index in [2.05, 4.69) is 26.0 Å². The van der Waals surface area contributed by atoms with Crippen molar-refractivity contribution in [2.75, 3.05) is 25.4 Å². The molecule has 9 heteroatoms. The number of carbonyl (C=O) groups is 1. The van der Waals surface area contributed by atoms with Crippen LogP contribution in [0.2, 0.25) is 0 Å². The molecule has 3 heterocycles. The minimum Gasteiger partial charge on any atom is -0.444 e. The van der Waals surface area contributed by atoms with Gasteiger partial charge in [-0.1, -0.05) is 0 Å². The molecule has 1 aliphatic heterocycles. The highest BCUT2D eigenvalue weighted by atomic mass is 79.9. The van der Waals surface area contributed by atoms with E-state index in [0.29, 0.717) is 31.0 Å². The Hall–Kier alpha value is -1.87. The van der Waals surface area contributed by atoms with Crippen LogP contribution >= 0.6 is 15.9 Å². The predicted octanol–water partition coefficient (Wildman–Crippen LogP) is 2.38. The molecule has 1 aliphatic rings. The molecule has 0 aliphatic carbocycles. The van der Waals surface area contributed by atoms with E-state index < -0.39 is 5.60 Å². The summed E-state index contributed by atoms with van der Waals surface area (Å²) in [6.07, 6.45) is 0.733. The minimum absolute atomic E-state index is 0.320. The second kappa shape index (κ2) is 6.21. The molecular formula is C15H20BrN5O3. The van der Waals surface area contributed by atoms with Crippen LogP contribution in [0, 0.1) is 0 Å². The van der Waals surface area contributed by atoms with Crippen molar-refractivity contribution in [2.45, 2.75) is 32.5 Å². The quantitative estimate of drug-likeness (QED) is 0.793. The largest absolute Gasteiger partial charge is 0.444 e. The summed E-state index contributed by atoms with van der Waals surface area (Å²) in [4.78, 5) is 18.0. The number of nitrogens with two attached hydrogens (primary N) is 1. The highest BCUT2D eigenvalue weighted by Gasteiger charge is 2.31. The fourth-order valence-corrected chi connectivity index (χ4v) is 3.20. The zero-order valence-electron chi connectivity index (χ0n) is 13.8. The second-order valence-corrected chi connectivity index (χ2v) is 7.46. The molecule has 0 spiro atoms. The van der Waals surface area contributed by atoms with E-state index in [0.717, 1.165) is 10.2 Å². The molecule has 8 nitrogen and oxygen atoms in total. The van der Waals surface area contributed by atoms with Gasteiger partial charge in [-0.15, -0.1) is 0 Å². The van der Waals surface area contributed by atoms with Crippen LogP contribution in [-0.2, 0) is 9.47 Å². The smallest absolute Gasteiger partial charge is 0.410 e. The first-order valence-corrected chi connectivity index (χ1v) is 8.42. The SMILES string of the molecule is CC(C)(C)OC(=O)N1CCOC(c2cc(Br)c3c(N)ncnn23)C1. The number of hydrogen-bond donors (Lipinski definition) is 1. The van der Waals surface area contributed by atoms with Crippen LogP contribution in [0.4, 0.5) is 10.6 Å². The van der Waals surface area contributed by atoms with Crippen LogP contribution in [0.5, 0.6) is 0 Å². The summed E-state index contributed by atoms with van der Waals surface area (Å²) in [5.74, 6) is 0.378. The topological polar surface area (TPSA) is 95.0 Å². The number of ether oxygens (including phenoxy) is 2. The van der Waals surface area contributed by atoms with Crippen molar-refractivity contribution in [3.05, 3.63) is 22.6 Å². The third-order valence-corrected chi connectivity index (χ3v) is 4.22. The van der Waals surface area contributed by atoms with Gasteiger partial charge in [0.2, 0.25) is 0 Å². The molecule has 24 heavy (non-hydrogen) atoms. The van der Waals surface area contributed by atoms with Gasteiger partial charge < -0.3 is 20.1 Å². The predicted molar refractivity (Wildman–Crippen MR) is 91.6 cm³/mol. The molecule has 2 N–H and O–H groups in total. The number of rotatable bonds is 1. The number of aromatic nitrogens is 3. The zero-order chi connectivity index (χ0) is 17.5. The molecule has 2 aromatic rings. The Kier molecular flexibility index (Phi) is 4.39. The summed E-state index contributed by atoms with van der Waals surface area (Å²) in [7, 11) is 0. The molecule has 130 valence electrons. The molecule has 3 rings (SSSR count). The van der Waals surface area contributed by atoms with Crippen molar-refractivity contribution >= 4 is 33.4 Å². The number of morpholine rings is 1. The highest BCUT2D eigenvalue weighted by molar-refractivity contribution is 9.10. The Morgan fingerprint density at radius 1 is 1.50 bits per heavy atom. The van der Waals surface area contributed by atoms with E-state index >= 15 is 0 Å². The zero-order valence-corrected chi connectivity index (χ0v) is 15.4. The fraction of sp³-hybridized carbons (Fsp3) is 0.533. The van der Waals surface area contributed by atoms with E-state index in [-0.39, 0.29) is 12.2 Å². The van der Waals surface area contributed by atoms with Crippen LogP contribution in [0.1, 0.15) is 32.6 Å². The van der Waals surface area contributed by atoms with Crippen LogP contribution in [0.25, 0.3) is 5.52 Å². The molecule has 1 fully saturated rings. The van der Waals surface area contributed by atoms with Gasteiger partial charge in [-0.3, -0.25) is 0 Å². The van der Waals surface area contributed by atoms with Crippen molar-refractivity contribution in [1.82, 2.24) is 19.5 Å². The monoisotopic (exact) mass is 397 g/mol. The molecule has 0 saturated carbocycles. The van der Waals surface area contributed by atoms with Gasteiger partial charge in [-0.2, -0.15) is 5.10 Å². The number of anilines is 1. The van der Waals surface area contributed by atoms with Gasteiger partial charge in [-0.05, 0) is 42.8 Å². The van der Waals surface area contributed by atoms with Crippen molar-refractivity contribution in [2.24, 2.45) is 0 Å². The standard InChI is InChI=1S/C15H20BrN5O3/c1-15(2,3)24-14(22)20-4-5-23-11(7-20)10-6-9(16)12-13(17)18-8-19-21(10)12/h6,8,11H,4-5,7H2,1-3H3,(H2,17,18,19). The van der Waals surface area contributed by atoms with Gasteiger partial charge in [0, 0.05) is 11.0 Å². The third-order valence-electron chi connectivity index (χ3n) is 3.61. The molecule has 1 atom stereocenters. The van der Waals surface area contributed by atoms with Crippen molar-refractivity contribution in [1.29, 1.82) is 0 Å². The number of hydrogen-bond acceptors (Lipinski definition) is 6. The molecule has 0 bridgehead atoms. The third kappa shape index (κ3) is 3.32. The molecule has 1 unspecified atom stereocenters. The second-order valence-electron chi connectivity index (χ2n) is 6.61. The first-order chi connectivity index (χ1) is 11.3. The lowest BCUT2D eigenvalue weighted by atomic mass is 10.2. The fourth-order valence-electron chi connectivity index (χ4n) is 2.60. The van der Waals surface area contributed by atoms with Gasteiger partial charge in [0.05, 0.1) is 18.8 Å². The van der Waals surface area contributed by atoms with Gasteiger partial charge in [0.15, 0.2) is 5.82 Å². The summed E-state index contributed by atoms with van der Waals surface area (Å²) in [6.45, 7) is 6.85. The maximum Gasteiger partial charge on any atom is 0.410 e. The minimum atomic E-state index is -0.530. The Morgan fingerprint density at radius 3 is 2.96 bits per heavy atom. The Labute approximate surface area is 148 Å². The molecule has 2 aromatic heterocycles. The molecule has 0 radical (unpaired) electrons. The highest BCUT2D eigenvalue weighted by Crippen LogP contribution is 2.31. The average molecular weight is 398 g/mol. The lowest BCUT2D eigenvalue weighted by Gasteiger charge is -2.34. The van der Waals surface area contributed by atoms with Gasteiger partial charge >= 0.3 is 6.09 Å². The molecule has 1 saturated heterocycles. The summed E-state index contributed by atoms with van der Waals surface area (Å²) in [5.41, 5.74) is 6.88. The lowest BCUT2D eigenvalue weighted by molar-refractivity contribution is -0.0452. The van der Waals surface area contributed by atoms with E-state index in [1.165, 1.54) is 6.33 Å². The van der Waals surface area contributed by atoms with Crippen LogP contribution in [0.3, 0.4) is 0 Å². The summed E-state index contributed by atoms with van der Waals surface area (Å²) < 4.78 is 13.8. The van der Waals surface area contributed by atoms with Crippen LogP contribution < -0.4 is 5.73 Å². The summed E-state index contributed by atoms with van der Waals surface area (Å²) in [6, 6.07) is 1.89. The summed E-state index contributed by atoms with van der Waals surface area (Å²) >= 11 is 3.48. The maximum absolute atomic E-state index is 12.3. The van der Waals surface area contributed by atoms with E-state index in [1.54, 1.807) is 9.42 Å². The molecule has 1 amide bonds. The van der Waals surface area contributed by atoms with Crippen LogP contribution in [-0.4, -0.2) is 50.9 Å². The lowest BCUT2D eigenvalue weighted by Crippen LogP contribution is -2.44. The van der Waals surface area contributed by atoms with Gasteiger partial charge in [0.25, 0.3) is 0 Å². The number of nitrogens with zero attached hydrogens (tertiary/aromatic N) is 4. The van der Waals surface area contributed by atoms with Crippen LogP contribution in [0.15, 0.2) is 16.9 Å². The van der Waals surface area contributed by atoms with Crippen molar-refractivity contribution in [3.8, 4) is 0 Å². The first-order valence-electron chi connectivity index (χ1n) is 7.63. The van der Waals surface area contributed by atoms with Gasteiger partial charge in [0.1, 0.15) is 23.5 Å². The maximum atomic E-state index is 12.3. The van der Waals surface area contributed by atoms with Crippen molar-refractivity contribution in [3.63, 3.8) is 0 Å². The number of carbonyl (C=O) groups excluding carboxylic acids is 1. The first kappa shape index (κ1) is 17.0. The summed E-state index contributed by atoms with van der Waals surface area (Å²) in [5, 5.41) is 4.25. The van der Waals surface area contributed by atoms with E-state index in [9.17, 15) is 4.79 Å². The van der Waals surface area contributed by atoms with Crippen molar-refractivity contribution < 1.29 is 14.3 Å². The number of amides is 1. The van der Waals surface area contributed by atoms with E-state index in [4.69, 9.17) is 15.2 Å². The molecule has 0 aromatic carbocycles. The Balaban J connectivity index is 1.86.